The topological polar surface area (TPSA) is 55.8 Å². The summed E-state index contributed by atoms with van der Waals surface area (Å²) in [6.07, 6.45) is 7.70. The van der Waals surface area contributed by atoms with Crippen LogP contribution in [-0.2, 0) is 27.9 Å². The molecule has 0 N–H and O–H groups in total. The zero-order valence-corrected chi connectivity index (χ0v) is 19.1. The number of benzene rings is 2. The minimum absolute atomic E-state index is 0.114. The Morgan fingerprint density at radius 3 is 2.78 bits per heavy atom. The monoisotopic (exact) mass is 457 g/mol. The molecular formula is C25H28FNO4S. The lowest BCUT2D eigenvalue weighted by molar-refractivity contribution is 0.0668. The molecule has 2 unspecified atom stereocenters. The average molecular weight is 458 g/mol. The molecule has 1 heterocycles. The van der Waals surface area contributed by atoms with Gasteiger partial charge in [0.25, 0.3) is 0 Å². The standard InChI is InChI=1S/C25H28FNO4S/c1-18-6-5-7-19(12-18)13-23-17-31-16-21-14-22(26)11-10-20(21)15-27(23)32(28,29)25-9-4-3-8-24(25)30-2/h3-11,14,18,23H,12-13,15-17H2,1-2H3. The first kappa shape index (κ1) is 22.7. The zero-order valence-electron chi connectivity index (χ0n) is 18.3. The van der Waals surface area contributed by atoms with E-state index in [9.17, 15) is 12.8 Å². The third-order valence-corrected chi connectivity index (χ3v) is 7.92. The maximum absolute atomic E-state index is 13.9. The maximum Gasteiger partial charge on any atom is 0.247 e. The Bertz CT molecular complexity index is 1140. The number of allylic oxidation sites excluding steroid dienone is 3. The Morgan fingerprint density at radius 2 is 2.00 bits per heavy atom. The quantitative estimate of drug-likeness (QED) is 0.645. The smallest absolute Gasteiger partial charge is 0.247 e. The van der Waals surface area contributed by atoms with Crippen LogP contribution in [0.4, 0.5) is 4.39 Å². The first-order chi connectivity index (χ1) is 15.4. The van der Waals surface area contributed by atoms with Crippen molar-refractivity contribution >= 4 is 10.0 Å². The van der Waals surface area contributed by atoms with Crippen molar-refractivity contribution in [3.05, 3.63) is 83.2 Å². The summed E-state index contributed by atoms with van der Waals surface area (Å²) in [5, 5.41) is 0. The van der Waals surface area contributed by atoms with Gasteiger partial charge in [-0.25, -0.2) is 12.8 Å². The Labute approximate surface area is 189 Å². The molecule has 0 spiro atoms. The van der Waals surface area contributed by atoms with Crippen LogP contribution in [0.3, 0.4) is 0 Å². The molecule has 7 heteroatoms. The summed E-state index contributed by atoms with van der Waals surface area (Å²) in [6.45, 7) is 2.76. The maximum atomic E-state index is 13.9. The van der Waals surface area contributed by atoms with E-state index in [0.29, 0.717) is 23.7 Å². The second kappa shape index (κ2) is 9.57. The van der Waals surface area contributed by atoms with Gasteiger partial charge in [-0.05, 0) is 54.2 Å². The molecule has 2 aromatic rings. The Hall–Kier alpha value is -2.48. The van der Waals surface area contributed by atoms with Gasteiger partial charge in [-0.15, -0.1) is 0 Å². The number of sulfonamides is 1. The average Bonchev–Trinajstić information content (AvgIpc) is 2.76. The van der Waals surface area contributed by atoms with Crippen molar-refractivity contribution in [2.75, 3.05) is 13.7 Å². The summed E-state index contributed by atoms with van der Waals surface area (Å²) < 4.78 is 54.4. The lowest BCUT2D eigenvalue weighted by Crippen LogP contribution is -2.44. The SMILES string of the molecule is COc1ccccc1S(=O)(=O)N1Cc2ccc(F)cc2COCC1CC1=CC=CC(C)C1. The van der Waals surface area contributed by atoms with Crippen molar-refractivity contribution in [3.63, 3.8) is 0 Å². The van der Waals surface area contributed by atoms with Crippen LogP contribution in [0.5, 0.6) is 5.75 Å². The van der Waals surface area contributed by atoms with Crippen LogP contribution >= 0.6 is 0 Å². The first-order valence-corrected chi connectivity index (χ1v) is 12.2. The van der Waals surface area contributed by atoms with Crippen molar-refractivity contribution in [1.29, 1.82) is 0 Å². The van der Waals surface area contributed by atoms with Crippen LogP contribution in [0, 0.1) is 11.7 Å². The number of para-hydroxylation sites is 1. The molecule has 1 aliphatic heterocycles. The van der Waals surface area contributed by atoms with E-state index in [4.69, 9.17) is 9.47 Å². The Morgan fingerprint density at radius 1 is 1.19 bits per heavy atom. The normalized spacial score (nSPS) is 21.9. The Balaban J connectivity index is 1.77. The van der Waals surface area contributed by atoms with Crippen molar-refractivity contribution < 1.29 is 22.3 Å². The fraction of sp³-hybridized carbons (Fsp3) is 0.360. The second-order valence-electron chi connectivity index (χ2n) is 8.38. The number of hydrogen-bond donors (Lipinski definition) is 0. The van der Waals surface area contributed by atoms with E-state index in [1.54, 1.807) is 30.3 Å². The molecule has 0 radical (unpaired) electrons. The summed E-state index contributed by atoms with van der Waals surface area (Å²) in [6, 6.07) is 10.6. The van der Waals surface area contributed by atoms with Crippen molar-refractivity contribution in [3.8, 4) is 5.75 Å². The molecule has 1 aliphatic carbocycles. The summed E-state index contributed by atoms with van der Waals surface area (Å²) in [7, 11) is -2.46. The molecule has 32 heavy (non-hydrogen) atoms. The molecule has 0 aromatic heterocycles. The lowest BCUT2D eigenvalue weighted by Gasteiger charge is -2.34. The van der Waals surface area contributed by atoms with Crippen molar-refractivity contribution in [2.24, 2.45) is 5.92 Å². The molecule has 2 atom stereocenters. The van der Waals surface area contributed by atoms with Crippen LogP contribution in [0.25, 0.3) is 0 Å². The number of methoxy groups -OCH3 is 1. The first-order valence-electron chi connectivity index (χ1n) is 10.7. The van der Waals surface area contributed by atoms with Crippen LogP contribution < -0.4 is 4.74 Å². The summed E-state index contributed by atoms with van der Waals surface area (Å²) in [5.41, 5.74) is 2.59. The van der Waals surface area contributed by atoms with Gasteiger partial charge in [-0.2, -0.15) is 4.31 Å². The van der Waals surface area contributed by atoms with E-state index >= 15 is 0 Å². The molecule has 4 rings (SSSR count). The van der Waals surface area contributed by atoms with E-state index in [-0.39, 0.29) is 30.5 Å². The number of halogens is 1. The minimum Gasteiger partial charge on any atom is -0.495 e. The molecule has 5 nitrogen and oxygen atoms in total. The number of rotatable bonds is 5. The lowest BCUT2D eigenvalue weighted by atomic mass is 9.91. The van der Waals surface area contributed by atoms with E-state index in [0.717, 1.165) is 12.0 Å². The van der Waals surface area contributed by atoms with Crippen molar-refractivity contribution in [1.82, 2.24) is 4.31 Å². The molecule has 0 saturated carbocycles. The zero-order chi connectivity index (χ0) is 22.7. The second-order valence-corrected chi connectivity index (χ2v) is 10.2. The predicted octanol–water partition coefficient (Wildman–Crippen LogP) is 4.84. The highest BCUT2D eigenvalue weighted by Crippen LogP contribution is 2.33. The molecule has 0 bridgehead atoms. The highest BCUT2D eigenvalue weighted by molar-refractivity contribution is 7.89. The fourth-order valence-corrected chi connectivity index (χ4v) is 6.10. The van der Waals surface area contributed by atoms with Gasteiger partial charge < -0.3 is 9.47 Å². The van der Waals surface area contributed by atoms with Crippen LogP contribution in [-0.4, -0.2) is 32.5 Å². The van der Waals surface area contributed by atoms with E-state index in [1.807, 2.05) is 6.08 Å². The molecule has 0 amide bonds. The van der Waals surface area contributed by atoms with E-state index in [2.05, 4.69) is 19.1 Å². The summed E-state index contributed by atoms with van der Waals surface area (Å²) >= 11 is 0. The van der Waals surface area contributed by atoms with Gasteiger partial charge in [-0.1, -0.05) is 48.9 Å². The third kappa shape index (κ3) is 4.80. The largest absolute Gasteiger partial charge is 0.495 e. The van der Waals surface area contributed by atoms with Crippen LogP contribution in [0.15, 0.2) is 71.2 Å². The Kier molecular flexibility index (Phi) is 6.79. The number of nitrogens with zero attached hydrogens (tertiary/aromatic N) is 1. The fourth-order valence-electron chi connectivity index (χ4n) is 4.35. The number of hydrogen-bond acceptors (Lipinski definition) is 4. The van der Waals surface area contributed by atoms with Gasteiger partial charge in [0.2, 0.25) is 10.0 Å². The van der Waals surface area contributed by atoms with Crippen LogP contribution in [0.1, 0.15) is 30.9 Å². The predicted molar refractivity (Wildman–Crippen MR) is 121 cm³/mol. The van der Waals surface area contributed by atoms with Crippen LogP contribution in [0.2, 0.25) is 0 Å². The summed E-state index contributed by atoms with van der Waals surface area (Å²) in [4.78, 5) is 0.114. The van der Waals surface area contributed by atoms with Gasteiger partial charge in [0, 0.05) is 6.54 Å². The van der Waals surface area contributed by atoms with Gasteiger partial charge in [-0.3, -0.25) is 0 Å². The van der Waals surface area contributed by atoms with Gasteiger partial charge in [0.05, 0.1) is 26.4 Å². The van der Waals surface area contributed by atoms with Gasteiger partial charge in [0.15, 0.2) is 0 Å². The molecule has 2 aliphatic rings. The third-order valence-electron chi connectivity index (χ3n) is 5.98. The molecule has 2 aromatic carbocycles. The molecular weight excluding hydrogens is 429 g/mol. The molecule has 170 valence electrons. The number of fused-ring (bicyclic) bond motifs is 1. The van der Waals surface area contributed by atoms with Crippen molar-refractivity contribution in [2.45, 2.75) is 43.9 Å². The molecule has 0 fully saturated rings. The summed E-state index contributed by atoms with van der Waals surface area (Å²) in [5.74, 6) is 0.339. The van der Waals surface area contributed by atoms with Gasteiger partial charge >= 0.3 is 0 Å². The number of ether oxygens (including phenoxy) is 2. The highest BCUT2D eigenvalue weighted by Gasteiger charge is 2.36. The van der Waals surface area contributed by atoms with E-state index < -0.39 is 16.1 Å². The minimum atomic E-state index is -3.92. The molecule has 0 saturated heterocycles. The highest BCUT2D eigenvalue weighted by atomic mass is 32.2. The van der Waals surface area contributed by atoms with Gasteiger partial charge in [0.1, 0.15) is 16.5 Å². The van der Waals surface area contributed by atoms with E-state index in [1.165, 1.54) is 29.1 Å².